The van der Waals surface area contributed by atoms with Gasteiger partial charge in [-0.05, 0) is 32.6 Å². The summed E-state index contributed by atoms with van der Waals surface area (Å²) in [6.45, 7) is 1.92. The van der Waals surface area contributed by atoms with Crippen LogP contribution in [-0.2, 0) is 9.53 Å². The zero-order valence-electron chi connectivity index (χ0n) is 11.3. The van der Waals surface area contributed by atoms with Gasteiger partial charge in [-0.3, -0.25) is 4.79 Å². The van der Waals surface area contributed by atoms with Crippen LogP contribution < -0.4 is 0 Å². The summed E-state index contributed by atoms with van der Waals surface area (Å²) in [7, 11) is 1.50. The normalized spacial score (nSPS) is 16.3. The Morgan fingerprint density at radius 1 is 1.00 bits per heavy atom. The molecule has 0 aromatic carbocycles. The molecule has 3 unspecified atom stereocenters. The maximum absolute atomic E-state index is 11.5. The van der Waals surface area contributed by atoms with Crippen molar-refractivity contribution in [2.24, 2.45) is 0 Å². The first-order valence-electron chi connectivity index (χ1n) is 6.50. The van der Waals surface area contributed by atoms with E-state index in [0.29, 0.717) is 38.5 Å². The first-order chi connectivity index (χ1) is 8.45. The van der Waals surface area contributed by atoms with Crippen molar-refractivity contribution in [3.63, 3.8) is 0 Å². The number of Topliss-reactive ketones (excluding diaryl/α,β-unsaturated/α-hetero) is 1. The third-order valence-corrected chi connectivity index (χ3v) is 2.79. The third-order valence-electron chi connectivity index (χ3n) is 2.79. The van der Waals surface area contributed by atoms with Crippen LogP contribution in [0.2, 0.25) is 0 Å². The Hall–Kier alpha value is -0.490. The molecule has 0 radical (unpaired) electrons. The lowest BCUT2D eigenvalue weighted by atomic mass is 10.0. The van der Waals surface area contributed by atoms with Crippen molar-refractivity contribution in [3.05, 3.63) is 0 Å². The number of carbonyl (C=O) groups excluding carboxylic acids is 1. The number of aliphatic hydroxyl groups excluding tert-OH is 3. The molecule has 0 saturated carbocycles. The molecule has 3 atom stereocenters. The van der Waals surface area contributed by atoms with E-state index in [1.54, 1.807) is 6.92 Å². The summed E-state index contributed by atoms with van der Waals surface area (Å²) >= 11 is 0. The van der Waals surface area contributed by atoms with Crippen LogP contribution in [0.5, 0.6) is 0 Å². The van der Waals surface area contributed by atoms with Gasteiger partial charge >= 0.3 is 0 Å². The van der Waals surface area contributed by atoms with E-state index < -0.39 is 18.3 Å². The van der Waals surface area contributed by atoms with Gasteiger partial charge in [-0.25, -0.2) is 0 Å². The number of ether oxygens (including phenoxy) is 1. The van der Waals surface area contributed by atoms with E-state index in [1.165, 1.54) is 7.11 Å². The molecule has 0 aliphatic rings. The smallest absolute Gasteiger partial charge is 0.133 e. The molecule has 0 aromatic heterocycles. The Bertz CT molecular complexity index is 217. The second kappa shape index (κ2) is 10.4. The first kappa shape index (κ1) is 17.5. The molecule has 0 saturated heterocycles. The van der Waals surface area contributed by atoms with Crippen LogP contribution >= 0.6 is 0 Å². The molecule has 0 spiro atoms. The maximum atomic E-state index is 11.5. The molecule has 0 rings (SSSR count). The van der Waals surface area contributed by atoms with Gasteiger partial charge in [0.1, 0.15) is 5.78 Å². The van der Waals surface area contributed by atoms with Gasteiger partial charge in [0.25, 0.3) is 0 Å². The number of methoxy groups -OCH3 is 1. The molecule has 0 bridgehead atoms. The lowest BCUT2D eigenvalue weighted by Gasteiger charge is -2.12. The van der Waals surface area contributed by atoms with Crippen molar-refractivity contribution < 1.29 is 24.9 Å². The minimum atomic E-state index is -0.598. The number of carbonyl (C=O) groups is 1. The summed E-state index contributed by atoms with van der Waals surface area (Å²) < 4.78 is 4.76. The van der Waals surface area contributed by atoms with Crippen LogP contribution in [0.4, 0.5) is 0 Å². The van der Waals surface area contributed by atoms with Crippen LogP contribution in [0.3, 0.4) is 0 Å². The number of aliphatic hydroxyl groups is 3. The van der Waals surface area contributed by atoms with Gasteiger partial charge < -0.3 is 20.1 Å². The van der Waals surface area contributed by atoms with Crippen LogP contribution in [0.1, 0.15) is 45.4 Å². The van der Waals surface area contributed by atoms with E-state index in [4.69, 9.17) is 9.84 Å². The predicted molar refractivity (Wildman–Crippen MR) is 68.3 cm³/mol. The minimum absolute atomic E-state index is 0.0428. The van der Waals surface area contributed by atoms with Crippen LogP contribution in [-0.4, -0.2) is 53.1 Å². The largest absolute Gasteiger partial charge is 0.393 e. The highest BCUT2D eigenvalue weighted by Crippen LogP contribution is 2.09. The van der Waals surface area contributed by atoms with E-state index in [0.717, 1.165) is 0 Å². The summed E-state index contributed by atoms with van der Waals surface area (Å²) in [5.74, 6) is 0.0428. The van der Waals surface area contributed by atoms with Gasteiger partial charge in [-0.1, -0.05) is 0 Å². The highest BCUT2D eigenvalue weighted by molar-refractivity contribution is 5.78. The van der Waals surface area contributed by atoms with E-state index in [-0.39, 0.29) is 12.4 Å². The molecule has 5 nitrogen and oxygen atoms in total. The lowest BCUT2D eigenvalue weighted by molar-refractivity contribution is -0.120. The average Bonchev–Trinajstić information content (AvgIpc) is 2.31. The monoisotopic (exact) mass is 262 g/mol. The zero-order chi connectivity index (χ0) is 14.0. The summed E-state index contributed by atoms with van der Waals surface area (Å²) in [5.41, 5.74) is 0. The van der Waals surface area contributed by atoms with Crippen molar-refractivity contribution >= 4 is 5.78 Å². The Labute approximate surface area is 109 Å². The number of hydrogen-bond acceptors (Lipinski definition) is 5. The molecule has 5 heteroatoms. The molecule has 0 heterocycles. The van der Waals surface area contributed by atoms with Gasteiger partial charge in [0.05, 0.1) is 24.9 Å². The fraction of sp³-hybridized carbons (Fsp3) is 0.923. The van der Waals surface area contributed by atoms with Crippen LogP contribution in [0, 0.1) is 0 Å². The molecule has 0 fully saturated rings. The quantitative estimate of drug-likeness (QED) is 0.509. The Morgan fingerprint density at radius 2 is 1.56 bits per heavy atom. The first-order valence-corrected chi connectivity index (χ1v) is 6.50. The number of ketones is 1. The molecule has 0 amide bonds. The third kappa shape index (κ3) is 10.7. The SMILES string of the molecule is COCC(O)CCC(=O)CCC(O)CCC(C)O. The average molecular weight is 262 g/mol. The Balaban J connectivity index is 3.57. The molecule has 108 valence electrons. The van der Waals surface area contributed by atoms with E-state index >= 15 is 0 Å². The number of hydrogen-bond donors (Lipinski definition) is 3. The Morgan fingerprint density at radius 3 is 2.06 bits per heavy atom. The van der Waals surface area contributed by atoms with Crippen molar-refractivity contribution in [1.82, 2.24) is 0 Å². The highest BCUT2D eigenvalue weighted by atomic mass is 16.5. The fourth-order valence-corrected chi connectivity index (χ4v) is 1.63. The van der Waals surface area contributed by atoms with E-state index in [2.05, 4.69) is 0 Å². The van der Waals surface area contributed by atoms with Crippen molar-refractivity contribution in [2.75, 3.05) is 13.7 Å². The lowest BCUT2D eigenvalue weighted by Crippen LogP contribution is -2.17. The molecule has 18 heavy (non-hydrogen) atoms. The van der Waals surface area contributed by atoms with E-state index in [1.807, 2.05) is 0 Å². The molecular weight excluding hydrogens is 236 g/mol. The number of rotatable bonds is 11. The molecular formula is C13H26O5. The fourth-order valence-electron chi connectivity index (χ4n) is 1.63. The summed E-state index contributed by atoms with van der Waals surface area (Å²) in [4.78, 5) is 11.5. The molecule has 0 aliphatic carbocycles. The van der Waals surface area contributed by atoms with Gasteiger partial charge in [0, 0.05) is 20.0 Å². The van der Waals surface area contributed by atoms with Gasteiger partial charge in [-0.2, -0.15) is 0 Å². The standard InChI is InChI=1S/C13H26O5/c1-10(14)3-4-11(15)5-6-12(16)7-8-13(17)9-18-2/h10-11,13-15,17H,3-9H2,1-2H3. The zero-order valence-corrected chi connectivity index (χ0v) is 11.3. The van der Waals surface area contributed by atoms with Gasteiger partial charge in [0.2, 0.25) is 0 Å². The predicted octanol–water partition coefficient (Wildman–Crippen LogP) is 0.645. The highest BCUT2D eigenvalue weighted by Gasteiger charge is 2.11. The van der Waals surface area contributed by atoms with Crippen molar-refractivity contribution in [1.29, 1.82) is 0 Å². The molecule has 0 aliphatic heterocycles. The van der Waals surface area contributed by atoms with Crippen molar-refractivity contribution in [3.8, 4) is 0 Å². The van der Waals surface area contributed by atoms with Gasteiger partial charge in [0.15, 0.2) is 0 Å². The molecule has 0 aromatic rings. The summed E-state index contributed by atoms with van der Waals surface area (Å²) in [6, 6.07) is 0. The minimum Gasteiger partial charge on any atom is -0.393 e. The second-order valence-corrected chi connectivity index (χ2v) is 4.81. The topological polar surface area (TPSA) is 87.0 Å². The van der Waals surface area contributed by atoms with Crippen LogP contribution in [0.15, 0.2) is 0 Å². The second-order valence-electron chi connectivity index (χ2n) is 4.81. The molecule has 3 N–H and O–H groups in total. The van der Waals surface area contributed by atoms with Crippen molar-refractivity contribution in [2.45, 2.75) is 63.8 Å². The summed E-state index contributed by atoms with van der Waals surface area (Å²) in [6.07, 6.45) is 0.960. The maximum Gasteiger partial charge on any atom is 0.133 e. The van der Waals surface area contributed by atoms with Crippen LogP contribution in [0.25, 0.3) is 0 Å². The summed E-state index contributed by atoms with van der Waals surface area (Å²) in [5, 5.41) is 28.0. The van der Waals surface area contributed by atoms with E-state index in [9.17, 15) is 15.0 Å². The Kier molecular flexibility index (Phi) is 10.2. The van der Waals surface area contributed by atoms with Gasteiger partial charge in [-0.15, -0.1) is 0 Å².